The molecule has 1 unspecified atom stereocenters. The van der Waals surface area contributed by atoms with Crippen LogP contribution >= 0.6 is 0 Å². The van der Waals surface area contributed by atoms with Gasteiger partial charge in [-0.25, -0.2) is 0 Å². The normalized spacial score (nSPS) is 27.5. The highest BCUT2D eigenvalue weighted by Crippen LogP contribution is 2.25. The molecule has 1 atom stereocenters. The van der Waals surface area contributed by atoms with Crippen LogP contribution in [0.3, 0.4) is 0 Å². The van der Waals surface area contributed by atoms with Gasteiger partial charge in [-0.1, -0.05) is 18.2 Å². The van der Waals surface area contributed by atoms with E-state index >= 15 is 0 Å². The lowest BCUT2D eigenvalue weighted by molar-refractivity contribution is 0.285. The molecule has 1 fully saturated rings. The maximum absolute atomic E-state index is 5.88. The predicted molar refractivity (Wildman–Crippen MR) is 54.1 cm³/mol. The minimum absolute atomic E-state index is 0.871. The van der Waals surface area contributed by atoms with Crippen LogP contribution in [0.25, 0.3) is 0 Å². The zero-order valence-corrected chi connectivity index (χ0v) is 8.82. The zero-order chi connectivity index (χ0) is 9.15. The lowest BCUT2D eigenvalue weighted by Gasteiger charge is -2.21. The van der Waals surface area contributed by atoms with Crippen molar-refractivity contribution in [3.63, 3.8) is 0 Å². The van der Waals surface area contributed by atoms with Crippen molar-refractivity contribution in [1.29, 1.82) is 0 Å². The van der Waals surface area contributed by atoms with E-state index in [4.69, 9.17) is 8.85 Å². The molecule has 0 spiro atoms. The molecular formula is C10H14O2Si. The first kappa shape index (κ1) is 8.78. The summed E-state index contributed by atoms with van der Waals surface area (Å²) in [6.45, 7) is 3.00. The average Bonchev–Trinajstić information content (AvgIpc) is 2.54. The minimum Gasteiger partial charge on any atom is -0.520 e. The average molecular weight is 194 g/mol. The third kappa shape index (κ3) is 2.11. The van der Waals surface area contributed by atoms with Crippen LogP contribution in [0.15, 0.2) is 30.3 Å². The van der Waals surface area contributed by atoms with Gasteiger partial charge in [-0.05, 0) is 25.1 Å². The predicted octanol–water partition coefficient (Wildman–Crippen LogP) is 2.56. The summed E-state index contributed by atoms with van der Waals surface area (Å²) < 4.78 is 11.5. The van der Waals surface area contributed by atoms with E-state index in [0.717, 1.165) is 24.8 Å². The van der Waals surface area contributed by atoms with Crippen LogP contribution in [0.1, 0.15) is 6.42 Å². The van der Waals surface area contributed by atoms with E-state index in [1.807, 2.05) is 30.3 Å². The Morgan fingerprint density at radius 1 is 1.31 bits per heavy atom. The SMILES string of the molecule is C[Si]1(Oc2ccccc2)CCCO1. The first-order valence-electron chi connectivity index (χ1n) is 4.67. The van der Waals surface area contributed by atoms with Crippen molar-refractivity contribution in [3.05, 3.63) is 30.3 Å². The Hall–Kier alpha value is -0.803. The topological polar surface area (TPSA) is 18.5 Å². The van der Waals surface area contributed by atoms with E-state index in [1.54, 1.807) is 0 Å². The van der Waals surface area contributed by atoms with Crippen LogP contribution in [-0.4, -0.2) is 15.2 Å². The van der Waals surface area contributed by atoms with Crippen LogP contribution in [0.4, 0.5) is 0 Å². The number of hydrogen-bond acceptors (Lipinski definition) is 2. The number of benzene rings is 1. The second kappa shape index (κ2) is 3.52. The largest absolute Gasteiger partial charge is 0.520 e. The van der Waals surface area contributed by atoms with Crippen molar-refractivity contribution in [2.75, 3.05) is 6.61 Å². The molecule has 13 heavy (non-hydrogen) atoms. The number of para-hydroxylation sites is 1. The Morgan fingerprint density at radius 3 is 2.69 bits per heavy atom. The summed E-state index contributed by atoms with van der Waals surface area (Å²) in [7, 11) is -1.83. The molecule has 0 N–H and O–H groups in total. The van der Waals surface area contributed by atoms with Crippen molar-refractivity contribution in [3.8, 4) is 5.75 Å². The lowest BCUT2D eigenvalue weighted by atomic mass is 10.3. The van der Waals surface area contributed by atoms with Gasteiger partial charge < -0.3 is 8.85 Å². The first-order chi connectivity index (χ1) is 6.29. The number of rotatable bonds is 2. The molecule has 0 aliphatic carbocycles. The third-order valence-electron chi connectivity index (χ3n) is 2.26. The van der Waals surface area contributed by atoms with E-state index in [0.29, 0.717) is 0 Å². The summed E-state index contributed by atoms with van der Waals surface area (Å²) in [5, 5.41) is 0. The van der Waals surface area contributed by atoms with Gasteiger partial charge in [-0.2, -0.15) is 0 Å². The molecule has 1 aromatic rings. The Morgan fingerprint density at radius 2 is 2.08 bits per heavy atom. The van der Waals surface area contributed by atoms with Gasteiger partial charge in [0, 0.05) is 12.7 Å². The standard InChI is InChI=1S/C10H14O2Si/c1-13(9-5-8-11-13)12-10-6-3-2-4-7-10/h2-4,6-7H,5,8-9H2,1H3. The van der Waals surface area contributed by atoms with Gasteiger partial charge in [0.15, 0.2) is 0 Å². The minimum atomic E-state index is -1.83. The molecule has 1 aromatic carbocycles. The van der Waals surface area contributed by atoms with Crippen molar-refractivity contribution < 1.29 is 8.85 Å². The second-order valence-corrected chi connectivity index (χ2v) is 6.76. The molecule has 1 aliphatic rings. The van der Waals surface area contributed by atoms with Gasteiger partial charge in [0.1, 0.15) is 5.75 Å². The third-order valence-corrected chi connectivity index (χ3v) is 5.00. The molecule has 70 valence electrons. The second-order valence-electron chi connectivity index (χ2n) is 3.50. The van der Waals surface area contributed by atoms with E-state index in [1.165, 1.54) is 0 Å². The molecule has 2 nitrogen and oxygen atoms in total. The van der Waals surface area contributed by atoms with Gasteiger partial charge >= 0.3 is 8.56 Å². The Bertz CT molecular complexity index is 268. The highest BCUT2D eigenvalue weighted by Gasteiger charge is 2.37. The van der Waals surface area contributed by atoms with E-state index < -0.39 is 8.56 Å². The highest BCUT2D eigenvalue weighted by molar-refractivity contribution is 6.67. The molecule has 0 saturated carbocycles. The van der Waals surface area contributed by atoms with E-state index in [2.05, 4.69) is 6.55 Å². The summed E-state index contributed by atoms with van der Waals surface area (Å²) in [5.41, 5.74) is 0. The summed E-state index contributed by atoms with van der Waals surface area (Å²) in [5.74, 6) is 0.943. The van der Waals surface area contributed by atoms with Gasteiger partial charge in [-0.15, -0.1) is 0 Å². The maximum atomic E-state index is 5.88. The highest BCUT2D eigenvalue weighted by atomic mass is 28.4. The summed E-state index contributed by atoms with van der Waals surface area (Å²) in [6, 6.07) is 11.1. The molecule has 0 amide bonds. The Kier molecular flexibility index (Phi) is 2.37. The monoisotopic (exact) mass is 194 g/mol. The van der Waals surface area contributed by atoms with Crippen molar-refractivity contribution in [2.45, 2.75) is 19.0 Å². The van der Waals surface area contributed by atoms with E-state index in [-0.39, 0.29) is 0 Å². The van der Waals surface area contributed by atoms with Gasteiger partial charge in [0.2, 0.25) is 0 Å². The van der Waals surface area contributed by atoms with Crippen molar-refractivity contribution >= 4 is 8.56 Å². The molecule has 1 heterocycles. The van der Waals surface area contributed by atoms with Crippen LogP contribution < -0.4 is 4.43 Å². The molecule has 0 bridgehead atoms. The van der Waals surface area contributed by atoms with Gasteiger partial charge in [0.25, 0.3) is 0 Å². The molecular weight excluding hydrogens is 180 g/mol. The molecule has 1 aliphatic heterocycles. The Balaban J connectivity index is 2.05. The molecule has 0 radical (unpaired) electrons. The fourth-order valence-corrected chi connectivity index (χ4v) is 3.87. The fraction of sp³-hybridized carbons (Fsp3) is 0.400. The molecule has 0 aromatic heterocycles. The van der Waals surface area contributed by atoms with Crippen LogP contribution in [0.2, 0.25) is 12.6 Å². The van der Waals surface area contributed by atoms with Crippen LogP contribution in [0, 0.1) is 0 Å². The smallest absolute Gasteiger partial charge is 0.395 e. The zero-order valence-electron chi connectivity index (χ0n) is 7.82. The van der Waals surface area contributed by atoms with Crippen LogP contribution in [-0.2, 0) is 4.43 Å². The summed E-state index contributed by atoms with van der Waals surface area (Å²) >= 11 is 0. The van der Waals surface area contributed by atoms with Crippen molar-refractivity contribution in [1.82, 2.24) is 0 Å². The summed E-state index contributed by atoms with van der Waals surface area (Å²) in [4.78, 5) is 0. The lowest BCUT2D eigenvalue weighted by Crippen LogP contribution is -2.37. The van der Waals surface area contributed by atoms with Crippen LogP contribution in [0.5, 0.6) is 5.75 Å². The molecule has 1 saturated heterocycles. The van der Waals surface area contributed by atoms with Gasteiger partial charge in [-0.3, -0.25) is 0 Å². The fourth-order valence-electron chi connectivity index (χ4n) is 1.57. The summed E-state index contributed by atoms with van der Waals surface area (Å²) in [6.07, 6.45) is 1.15. The quantitative estimate of drug-likeness (QED) is 0.674. The van der Waals surface area contributed by atoms with Gasteiger partial charge in [0.05, 0.1) is 0 Å². The maximum Gasteiger partial charge on any atom is 0.395 e. The molecule has 3 heteroatoms. The Labute approximate surface area is 79.7 Å². The van der Waals surface area contributed by atoms with E-state index in [9.17, 15) is 0 Å². The molecule has 2 rings (SSSR count). The first-order valence-corrected chi connectivity index (χ1v) is 7.19. The van der Waals surface area contributed by atoms with Crippen molar-refractivity contribution in [2.24, 2.45) is 0 Å². The number of hydrogen-bond donors (Lipinski definition) is 0.